The summed E-state index contributed by atoms with van der Waals surface area (Å²) in [6, 6.07) is 12.5. The highest BCUT2D eigenvalue weighted by Gasteiger charge is 2.16. The molecule has 0 unspecified atom stereocenters. The van der Waals surface area contributed by atoms with Crippen LogP contribution in [0.5, 0.6) is 5.75 Å². The standard InChI is InChI=1S/C21H23NO7S/c1-22(2)30(25,26)19-11-9-18(10-12-19)28-14-15-29-20(23)13-6-16-4-7-17(8-5-16)21(24)27-3/h4-13H,14-15H2,1-3H3/b13-6+. The van der Waals surface area contributed by atoms with Crippen molar-refractivity contribution in [2.75, 3.05) is 34.4 Å². The summed E-state index contributed by atoms with van der Waals surface area (Å²) in [7, 11) is 0.733. The van der Waals surface area contributed by atoms with Crippen molar-refractivity contribution >= 4 is 28.0 Å². The Morgan fingerprint density at radius 2 is 1.60 bits per heavy atom. The maximum absolute atomic E-state index is 12.0. The van der Waals surface area contributed by atoms with E-state index in [1.807, 2.05) is 0 Å². The first-order chi connectivity index (χ1) is 14.2. The van der Waals surface area contributed by atoms with Crippen LogP contribution in [0, 0.1) is 0 Å². The molecular formula is C21H23NO7S. The normalized spacial score (nSPS) is 11.5. The highest BCUT2D eigenvalue weighted by molar-refractivity contribution is 7.89. The fourth-order valence-corrected chi connectivity index (χ4v) is 3.18. The Morgan fingerprint density at radius 1 is 0.967 bits per heavy atom. The van der Waals surface area contributed by atoms with Crippen LogP contribution in [0.4, 0.5) is 0 Å². The molecule has 2 aromatic rings. The lowest BCUT2D eigenvalue weighted by Gasteiger charge is -2.12. The predicted octanol–water partition coefficient (Wildman–Crippen LogP) is 2.36. The van der Waals surface area contributed by atoms with Gasteiger partial charge in [0.05, 0.1) is 17.6 Å². The van der Waals surface area contributed by atoms with E-state index in [9.17, 15) is 18.0 Å². The van der Waals surface area contributed by atoms with Gasteiger partial charge in [-0.3, -0.25) is 0 Å². The fourth-order valence-electron chi connectivity index (χ4n) is 2.28. The van der Waals surface area contributed by atoms with Gasteiger partial charge >= 0.3 is 11.9 Å². The summed E-state index contributed by atoms with van der Waals surface area (Å²) in [5.74, 6) is -0.507. The van der Waals surface area contributed by atoms with Crippen LogP contribution >= 0.6 is 0 Å². The van der Waals surface area contributed by atoms with Crippen molar-refractivity contribution in [3.8, 4) is 5.75 Å². The van der Waals surface area contributed by atoms with E-state index in [2.05, 4.69) is 4.74 Å². The number of sulfonamides is 1. The molecule has 0 aromatic heterocycles. The van der Waals surface area contributed by atoms with E-state index < -0.39 is 22.0 Å². The minimum atomic E-state index is -3.49. The van der Waals surface area contributed by atoms with Crippen LogP contribution in [-0.2, 0) is 24.3 Å². The summed E-state index contributed by atoms with van der Waals surface area (Å²) in [5, 5.41) is 0. The van der Waals surface area contributed by atoms with Gasteiger partial charge in [0.2, 0.25) is 10.0 Å². The van der Waals surface area contributed by atoms with Gasteiger partial charge in [0.1, 0.15) is 19.0 Å². The predicted molar refractivity (Wildman–Crippen MR) is 111 cm³/mol. The van der Waals surface area contributed by atoms with Crippen molar-refractivity contribution in [2.24, 2.45) is 0 Å². The molecule has 30 heavy (non-hydrogen) atoms. The third-order valence-corrected chi connectivity index (χ3v) is 5.77. The van der Waals surface area contributed by atoms with Crippen LogP contribution in [-0.4, -0.2) is 59.1 Å². The third kappa shape index (κ3) is 6.43. The first kappa shape index (κ1) is 23.1. The number of ether oxygens (including phenoxy) is 3. The molecule has 160 valence electrons. The van der Waals surface area contributed by atoms with Crippen LogP contribution in [0.2, 0.25) is 0 Å². The molecule has 0 bridgehead atoms. The SMILES string of the molecule is COC(=O)c1ccc(/C=C/C(=O)OCCOc2ccc(S(=O)(=O)N(C)C)cc2)cc1. The van der Waals surface area contributed by atoms with E-state index in [1.165, 1.54) is 51.5 Å². The lowest BCUT2D eigenvalue weighted by molar-refractivity contribution is -0.138. The summed E-state index contributed by atoms with van der Waals surface area (Å²) in [4.78, 5) is 23.3. The van der Waals surface area contributed by atoms with E-state index in [4.69, 9.17) is 9.47 Å². The lowest BCUT2D eigenvalue weighted by atomic mass is 10.1. The molecule has 0 fully saturated rings. The molecule has 0 heterocycles. The maximum Gasteiger partial charge on any atom is 0.337 e. The van der Waals surface area contributed by atoms with Crippen LogP contribution < -0.4 is 4.74 Å². The molecule has 0 amide bonds. The highest BCUT2D eigenvalue weighted by atomic mass is 32.2. The summed E-state index contributed by atoms with van der Waals surface area (Å²) >= 11 is 0. The molecule has 0 aliphatic carbocycles. The second kappa shape index (κ2) is 10.6. The molecule has 0 N–H and O–H groups in total. The summed E-state index contributed by atoms with van der Waals surface area (Å²) in [6.45, 7) is 0.148. The molecule has 0 aliphatic heterocycles. The zero-order valence-electron chi connectivity index (χ0n) is 16.9. The first-order valence-electron chi connectivity index (χ1n) is 8.92. The average molecular weight is 433 g/mol. The molecule has 0 saturated carbocycles. The number of carbonyl (C=O) groups is 2. The molecule has 2 rings (SSSR count). The number of hydrogen-bond acceptors (Lipinski definition) is 7. The minimum Gasteiger partial charge on any atom is -0.490 e. The minimum absolute atomic E-state index is 0.0300. The van der Waals surface area contributed by atoms with Crippen LogP contribution in [0.25, 0.3) is 6.08 Å². The second-order valence-electron chi connectivity index (χ2n) is 6.22. The van der Waals surface area contributed by atoms with Crippen molar-refractivity contribution in [2.45, 2.75) is 4.90 Å². The summed E-state index contributed by atoms with van der Waals surface area (Å²) in [6.07, 6.45) is 2.84. The van der Waals surface area contributed by atoms with Crippen LogP contribution in [0.1, 0.15) is 15.9 Å². The Bertz CT molecular complexity index is 995. The summed E-state index contributed by atoms with van der Waals surface area (Å²) in [5.41, 5.74) is 1.14. The topological polar surface area (TPSA) is 99.2 Å². The van der Waals surface area contributed by atoms with Gasteiger partial charge in [0, 0.05) is 20.2 Å². The van der Waals surface area contributed by atoms with Gasteiger partial charge in [-0.25, -0.2) is 22.3 Å². The second-order valence-corrected chi connectivity index (χ2v) is 8.37. The number of carbonyl (C=O) groups excluding carboxylic acids is 2. The molecule has 0 saturated heterocycles. The highest BCUT2D eigenvalue weighted by Crippen LogP contribution is 2.18. The average Bonchev–Trinajstić information content (AvgIpc) is 2.75. The third-order valence-electron chi connectivity index (χ3n) is 3.94. The Labute approximate surface area is 175 Å². The van der Waals surface area contributed by atoms with Crippen molar-refractivity contribution in [3.05, 3.63) is 65.7 Å². The summed E-state index contributed by atoms with van der Waals surface area (Å²) < 4.78 is 40.2. The number of methoxy groups -OCH3 is 1. The molecule has 8 nitrogen and oxygen atoms in total. The number of hydrogen-bond donors (Lipinski definition) is 0. The smallest absolute Gasteiger partial charge is 0.337 e. The van der Waals surface area contributed by atoms with Gasteiger partial charge < -0.3 is 14.2 Å². The number of benzene rings is 2. The van der Waals surface area contributed by atoms with Crippen molar-refractivity contribution in [3.63, 3.8) is 0 Å². The van der Waals surface area contributed by atoms with Crippen LogP contribution in [0.15, 0.2) is 59.5 Å². The lowest BCUT2D eigenvalue weighted by Crippen LogP contribution is -2.22. The van der Waals surface area contributed by atoms with Crippen molar-refractivity contribution < 1.29 is 32.2 Å². The van der Waals surface area contributed by atoms with E-state index in [0.29, 0.717) is 11.3 Å². The number of rotatable bonds is 9. The molecule has 2 aromatic carbocycles. The van der Waals surface area contributed by atoms with E-state index in [-0.39, 0.29) is 18.1 Å². The Hall–Kier alpha value is -3.17. The molecule has 0 atom stereocenters. The molecular weight excluding hydrogens is 410 g/mol. The van der Waals surface area contributed by atoms with Crippen LogP contribution in [0.3, 0.4) is 0 Å². The Balaban J connectivity index is 1.77. The molecule has 0 aliphatic rings. The van der Waals surface area contributed by atoms with E-state index in [1.54, 1.807) is 30.3 Å². The molecule has 0 spiro atoms. The zero-order chi connectivity index (χ0) is 22.1. The molecule has 9 heteroatoms. The first-order valence-corrected chi connectivity index (χ1v) is 10.4. The largest absolute Gasteiger partial charge is 0.490 e. The van der Waals surface area contributed by atoms with Crippen molar-refractivity contribution in [1.29, 1.82) is 0 Å². The van der Waals surface area contributed by atoms with E-state index in [0.717, 1.165) is 9.87 Å². The monoisotopic (exact) mass is 433 g/mol. The zero-order valence-corrected chi connectivity index (χ0v) is 17.7. The van der Waals surface area contributed by atoms with Gasteiger partial charge in [-0.05, 0) is 48.0 Å². The quantitative estimate of drug-likeness (QED) is 0.340. The van der Waals surface area contributed by atoms with Gasteiger partial charge in [-0.15, -0.1) is 0 Å². The number of esters is 2. The Morgan fingerprint density at radius 3 is 2.17 bits per heavy atom. The van der Waals surface area contributed by atoms with Crippen molar-refractivity contribution in [1.82, 2.24) is 4.31 Å². The van der Waals surface area contributed by atoms with Gasteiger partial charge in [-0.1, -0.05) is 12.1 Å². The maximum atomic E-state index is 12.0. The molecule has 0 radical (unpaired) electrons. The van der Waals surface area contributed by atoms with Gasteiger partial charge in [-0.2, -0.15) is 0 Å². The van der Waals surface area contributed by atoms with Gasteiger partial charge in [0.15, 0.2) is 0 Å². The van der Waals surface area contributed by atoms with E-state index >= 15 is 0 Å². The fraction of sp³-hybridized carbons (Fsp3) is 0.238. The van der Waals surface area contributed by atoms with Gasteiger partial charge in [0.25, 0.3) is 0 Å². The number of nitrogens with zero attached hydrogens (tertiary/aromatic N) is 1. The Kier molecular flexibility index (Phi) is 8.14.